The van der Waals surface area contributed by atoms with Crippen molar-refractivity contribution in [2.24, 2.45) is 4.99 Å². The van der Waals surface area contributed by atoms with Gasteiger partial charge in [0.1, 0.15) is 5.82 Å². The molecule has 2 rings (SSSR count). The van der Waals surface area contributed by atoms with Crippen LogP contribution < -0.4 is 15.4 Å². The van der Waals surface area contributed by atoms with E-state index in [2.05, 4.69) is 20.3 Å². The molecule has 0 aliphatic heterocycles. The number of methoxy groups -OCH3 is 1. The molecule has 0 amide bonds. The lowest BCUT2D eigenvalue weighted by molar-refractivity contribution is 0.204. The first kappa shape index (κ1) is 23.8. The summed E-state index contributed by atoms with van der Waals surface area (Å²) in [4.78, 5) is 4.73. The van der Waals surface area contributed by atoms with E-state index in [0.717, 1.165) is 11.1 Å². The Balaban J connectivity index is 1.97. The number of benzene rings is 2. The molecular formula is C21H29FN4O3S. The maximum atomic E-state index is 13.4. The van der Waals surface area contributed by atoms with Crippen molar-refractivity contribution in [3.05, 3.63) is 65.0 Å². The van der Waals surface area contributed by atoms with Crippen LogP contribution in [0.5, 0.6) is 0 Å². The summed E-state index contributed by atoms with van der Waals surface area (Å²) in [6, 6.07) is 11.6. The summed E-state index contributed by atoms with van der Waals surface area (Å²) in [5, 5.41) is 6.38. The number of ether oxygens (including phenoxy) is 1. The van der Waals surface area contributed by atoms with Crippen LogP contribution in [0.1, 0.15) is 23.6 Å². The van der Waals surface area contributed by atoms with Gasteiger partial charge >= 0.3 is 0 Å². The summed E-state index contributed by atoms with van der Waals surface area (Å²) in [6.45, 7) is 5.81. The number of hydrogen-bond donors (Lipinski definition) is 3. The maximum absolute atomic E-state index is 13.4. The monoisotopic (exact) mass is 436 g/mol. The number of nitrogens with zero attached hydrogens (tertiary/aromatic N) is 1. The van der Waals surface area contributed by atoms with Crippen LogP contribution in [-0.4, -0.2) is 41.2 Å². The molecule has 0 unspecified atom stereocenters. The van der Waals surface area contributed by atoms with E-state index in [4.69, 9.17) is 4.74 Å². The normalized spacial score (nSPS) is 12.1. The summed E-state index contributed by atoms with van der Waals surface area (Å²) < 4.78 is 45.1. The second-order valence-electron chi connectivity index (χ2n) is 6.67. The number of rotatable bonds is 10. The molecule has 0 saturated carbocycles. The molecule has 2 aromatic carbocycles. The van der Waals surface area contributed by atoms with Crippen molar-refractivity contribution in [1.29, 1.82) is 0 Å². The van der Waals surface area contributed by atoms with E-state index >= 15 is 0 Å². The number of halogens is 1. The van der Waals surface area contributed by atoms with Crippen molar-refractivity contribution in [1.82, 2.24) is 15.4 Å². The molecule has 30 heavy (non-hydrogen) atoms. The number of aliphatic imine (C=N–C) groups is 1. The summed E-state index contributed by atoms with van der Waals surface area (Å²) in [5.41, 5.74) is 2.42. The van der Waals surface area contributed by atoms with Crippen molar-refractivity contribution < 1.29 is 17.5 Å². The van der Waals surface area contributed by atoms with Gasteiger partial charge in [-0.3, -0.25) is 0 Å². The van der Waals surface area contributed by atoms with Gasteiger partial charge in [-0.15, -0.1) is 0 Å². The largest absolute Gasteiger partial charge is 0.383 e. The van der Waals surface area contributed by atoms with Gasteiger partial charge < -0.3 is 15.4 Å². The predicted molar refractivity (Wildman–Crippen MR) is 116 cm³/mol. The van der Waals surface area contributed by atoms with E-state index in [1.807, 2.05) is 6.92 Å². The Morgan fingerprint density at radius 3 is 2.43 bits per heavy atom. The molecule has 9 heteroatoms. The van der Waals surface area contributed by atoms with E-state index in [0.29, 0.717) is 37.8 Å². The van der Waals surface area contributed by atoms with Crippen LogP contribution in [-0.2, 0) is 27.8 Å². The molecule has 0 bridgehead atoms. The average molecular weight is 437 g/mol. The molecule has 164 valence electrons. The Kier molecular flexibility index (Phi) is 9.22. The van der Waals surface area contributed by atoms with Gasteiger partial charge in [-0.05, 0) is 48.7 Å². The molecule has 7 nitrogen and oxygen atoms in total. The van der Waals surface area contributed by atoms with Gasteiger partial charge in [0, 0.05) is 26.7 Å². The standard InChI is InChI=1S/C21H29FN4O3S/c1-4-23-21(25-15-18-7-10-20(22)16(2)13-18)24-14-17-5-8-19(9-6-17)30(27,28)26-11-12-29-3/h5-10,13,26H,4,11-12,14-15H2,1-3H3,(H2,23,24,25). The highest BCUT2D eigenvalue weighted by Crippen LogP contribution is 2.11. The lowest BCUT2D eigenvalue weighted by Gasteiger charge is -2.12. The van der Waals surface area contributed by atoms with E-state index in [1.165, 1.54) is 13.2 Å². The Morgan fingerprint density at radius 2 is 1.80 bits per heavy atom. The Bertz CT molecular complexity index is 947. The second-order valence-corrected chi connectivity index (χ2v) is 8.43. The van der Waals surface area contributed by atoms with Crippen LogP contribution in [0.4, 0.5) is 4.39 Å². The van der Waals surface area contributed by atoms with E-state index < -0.39 is 10.0 Å². The van der Waals surface area contributed by atoms with Crippen LogP contribution in [0.2, 0.25) is 0 Å². The van der Waals surface area contributed by atoms with Gasteiger partial charge in [-0.1, -0.05) is 24.3 Å². The number of guanidine groups is 1. The van der Waals surface area contributed by atoms with Crippen LogP contribution >= 0.6 is 0 Å². The van der Waals surface area contributed by atoms with E-state index in [1.54, 1.807) is 43.3 Å². The third-order valence-electron chi connectivity index (χ3n) is 4.28. The smallest absolute Gasteiger partial charge is 0.240 e. The first-order chi connectivity index (χ1) is 14.4. The fourth-order valence-corrected chi connectivity index (χ4v) is 3.66. The quantitative estimate of drug-likeness (QED) is 0.302. The first-order valence-corrected chi connectivity index (χ1v) is 11.2. The van der Waals surface area contributed by atoms with Gasteiger partial charge in [0.25, 0.3) is 0 Å². The molecule has 0 aromatic heterocycles. The topological polar surface area (TPSA) is 91.8 Å². The zero-order valence-electron chi connectivity index (χ0n) is 17.5. The van der Waals surface area contributed by atoms with Crippen molar-refractivity contribution in [3.63, 3.8) is 0 Å². The predicted octanol–water partition coefficient (Wildman–Crippen LogP) is 2.31. The van der Waals surface area contributed by atoms with E-state index in [9.17, 15) is 12.8 Å². The van der Waals surface area contributed by atoms with Crippen molar-refractivity contribution >= 4 is 16.0 Å². The number of sulfonamides is 1. The number of hydrogen-bond acceptors (Lipinski definition) is 4. The number of nitrogens with one attached hydrogen (secondary N) is 3. The molecular weight excluding hydrogens is 407 g/mol. The minimum Gasteiger partial charge on any atom is -0.383 e. The minimum atomic E-state index is -3.55. The first-order valence-electron chi connectivity index (χ1n) is 9.70. The fourth-order valence-electron chi connectivity index (χ4n) is 2.65. The molecule has 2 aromatic rings. The van der Waals surface area contributed by atoms with Crippen molar-refractivity contribution in [3.8, 4) is 0 Å². The molecule has 0 radical (unpaired) electrons. The summed E-state index contributed by atoms with van der Waals surface area (Å²) in [6.07, 6.45) is 0. The third-order valence-corrected chi connectivity index (χ3v) is 5.76. The maximum Gasteiger partial charge on any atom is 0.240 e. The highest BCUT2D eigenvalue weighted by Gasteiger charge is 2.12. The molecule has 0 spiro atoms. The van der Waals surface area contributed by atoms with Gasteiger partial charge in [0.2, 0.25) is 10.0 Å². The van der Waals surface area contributed by atoms with Gasteiger partial charge in [0.05, 0.1) is 18.0 Å². The van der Waals surface area contributed by atoms with Crippen LogP contribution in [0, 0.1) is 12.7 Å². The Hall–Kier alpha value is -2.49. The number of aryl methyl sites for hydroxylation is 1. The molecule has 0 aliphatic carbocycles. The lowest BCUT2D eigenvalue weighted by Crippen LogP contribution is -2.36. The van der Waals surface area contributed by atoms with Crippen LogP contribution in [0.15, 0.2) is 52.4 Å². The van der Waals surface area contributed by atoms with Gasteiger partial charge in [0.15, 0.2) is 5.96 Å². The van der Waals surface area contributed by atoms with Crippen molar-refractivity contribution in [2.45, 2.75) is 31.8 Å². The van der Waals surface area contributed by atoms with Gasteiger partial charge in [-0.2, -0.15) is 0 Å². The molecule has 0 saturated heterocycles. The summed E-state index contributed by atoms with van der Waals surface area (Å²) >= 11 is 0. The highest BCUT2D eigenvalue weighted by atomic mass is 32.2. The average Bonchev–Trinajstić information content (AvgIpc) is 2.73. The van der Waals surface area contributed by atoms with Gasteiger partial charge in [-0.25, -0.2) is 22.5 Å². The fraction of sp³-hybridized carbons (Fsp3) is 0.381. The lowest BCUT2D eigenvalue weighted by atomic mass is 10.1. The molecule has 0 heterocycles. The molecule has 3 N–H and O–H groups in total. The van der Waals surface area contributed by atoms with Crippen LogP contribution in [0.3, 0.4) is 0 Å². The second kappa shape index (κ2) is 11.6. The summed E-state index contributed by atoms with van der Waals surface area (Å²) in [5.74, 6) is 0.393. The van der Waals surface area contributed by atoms with Crippen LogP contribution in [0.25, 0.3) is 0 Å². The van der Waals surface area contributed by atoms with E-state index in [-0.39, 0.29) is 17.3 Å². The minimum absolute atomic E-state index is 0.203. The zero-order chi connectivity index (χ0) is 22.0. The Morgan fingerprint density at radius 1 is 1.10 bits per heavy atom. The van der Waals surface area contributed by atoms with Crippen molar-refractivity contribution in [2.75, 3.05) is 26.8 Å². The summed E-state index contributed by atoms with van der Waals surface area (Å²) in [7, 11) is -2.03. The molecule has 0 atom stereocenters. The zero-order valence-corrected chi connectivity index (χ0v) is 18.4. The highest BCUT2D eigenvalue weighted by molar-refractivity contribution is 7.89. The third kappa shape index (κ3) is 7.40. The molecule has 0 aliphatic rings. The Labute approximate surface area is 177 Å². The SMILES string of the molecule is CCNC(=NCc1ccc(F)c(C)c1)NCc1ccc(S(=O)(=O)NCCOC)cc1. The molecule has 0 fully saturated rings.